The van der Waals surface area contributed by atoms with Gasteiger partial charge in [-0.05, 0) is 35.4 Å². The summed E-state index contributed by atoms with van der Waals surface area (Å²) in [7, 11) is 0. The molecular formula is C20H16F2N4. The van der Waals surface area contributed by atoms with Gasteiger partial charge in [0.2, 0.25) is 0 Å². The molecule has 6 heteroatoms. The number of fused-ring (bicyclic) bond motifs is 1. The van der Waals surface area contributed by atoms with Gasteiger partial charge in [0.1, 0.15) is 17.2 Å². The number of pyridine rings is 1. The summed E-state index contributed by atoms with van der Waals surface area (Å²) >= 11 is 0. The first-order chi connectivity index (χ1) is 12.7. The van der Waals surface area contributed by atoms with Crippen LogP contribution in [0.5, 0.6) is 0 Å². The molecule has 2 aromatic carbocycles. The molecule has 26 heavy (non-hydrogen) atoms. The van der Waals surface area contributed by atoms with Crippen molar-refractivity contribution >= 4 is 16.6 Å². The quantitative estimate of drug-likeness (QED) is 0.581. The van der Waals surface area contributed by atoms with E-state index in [4.69, 9.17) is 0 Å². The van der Waals surface area contributed by atoms with Gasteiger partial charge in [-0.25, -0.2) is 8.78 Å². The number of benzene rings is 2. The maximum absolute atomic E-state index is 14.1. The van der Waals surface area contributed by atoms with Crippen LogP contribution in [-0.2, 0) is 13.1 Å². The van der Waals surface area contributed by atoms with Crippen LogP contribution in [0.15, 0.2) is 67.1 Å². The molecule has 0 aliphatic carbocycles. The van der Waals surface area contributed by atoms with Gasteiger partial charge in [-0.15, -0.1) is 0 Å². The van der Waals surface area contributed by atoms with Crippen molar-refractivity contribution in [3.63, 3.8) is 0 Å². The number of anilines is 1. The molecule has 2 aromatic heterocycles. The SMILES string of the molecule is Fc1ccc(F)c2c(NCc3ccc(Cn4cccn4)cc3)ccnc12. The summed E-state index contributed by atoms with van der Waals surface area (Å²) in [6.45, 7) is 1.21. The van der Waals surface area contributed by atoms with Crippen LogP contribution in [0.3, 0.4) is 0 Å². The van der Waals surface area contributed by atoms with Gasteiger partial charge in [0.15, 0.2) is 0 Å². The topological polar surface area (TPSA) is 42.7 Å². The lowest BCUT2D eigenvalue weighted by molar-refractivity contribution is 0.615. The smallest absolute Gasteiger partial charge is 0.149 e. The zero-order valence-electron chi connectivity index (χ0n) is 13.9. The fourth-order valence-corrected chi connectivity index (χ4v) is 2.88. The van der Waals surface area contributed by atoms with Crippen LogP contribution in [-0.4, -0.2) is 14.8 Å². The molecule has 0 aliphatic rings. The fourth-order valence-electron chi connectivity index (χ4n) is 2.88. The molecule has 0 saturated heterocycles. The second-order valence-corrected chi connectivity index (χ2v) is 5.99. The Labute approximate surface area is 149 Å². The van der Waals surface area contributed by atoms with Crippen molar-refractivity contribution in [3.05, 3.63) is 89.9 Å². The van der Waals surface area contributed by atoms with Crippen molar-refractivity contribution in [3.8, 4) is 0 Å². The monoisotopic (exact) mass is 350 g/mol. The Morgan fingerprint density at radius 1 is 0.885 bits per heavy atom. The Hall–Kier alpha value is -3.28. The van der Waals surface area contributed by atoms with Crippen molar-refractivity contribution < 1.29 is 8.78 Å². The average molecular weight is 350 g/mol. The van der Waals surface area contributed by atoms with Crippen LogP contribution in [0, 0.1) is 11.6 Å². The maximum Gasteiger partial charge on any atom is 0.149 e. The maximum atomic E-state index is 14.1. The second kappa shape index (κ2) is 6.92. The van der Waals surface area contributed by atoms with E-state index >= 15 is 0 Å². The molecule has 1 N–H and O–H groups in total. The lowest BCUT2D eigenvalue weighted by atomic mass is 10.1. The number of nitrogens with one attached hydrogen (secondary N) is 1. The Morgan fingerprint density at radius 3 is 2.42 bits per heavy atom. The number of halogens is 2. The first-order valence-electron chi connectivity index (χ1n) is 8.22. The summed E-state index contributed by atoms with van der Waals surface area (Å²) < 4.78 is 29.8. The Bertz CT molecular complexity index is 1030. The highest BCUT2D eigenvalue weighted by Crippen LogP contribution is 2.27. The molecule has 0 fully saturated rings. The summed E-state index contributed by atoms with van der Waals surface area (Å²) in [6, 6.07) is 13.8. The molecule has 4 nitrogen and oxygen atoms in total. The molecular weight excluding hydrogens is 334 g/mol. The summed E-state index contributed by atoms with van der Waals surface area (Å²) in [6.07, 6.45) is 5.14. The van der Waals surface area contributed by atoms with Gasteiger partial charge >= 0.3 is 0 Å². The van der Waals surface area contributed by atoms with Gasteiger partial charge in [-0.3, -0.25) is 9.67 Å². The second-order valence-electron chi connectivity index (χ2n) is 5.99. The van der Waals surface area contributed by atoms with Crippen molar-refractivity contribution in [2.75, 3.05) is 5.32 Å². The molecule has 0 aliphatic heterocycles. The number of hydrogen-bond donors (Lipinski definition) is 1. The van der Waals surface area contributed by atoms with E-state index in [9.17, 15) is 8.78 Å². The zero-order valence-corrected chi connectivity index (χ0v) is 13.9. The highest BCUT2D eigenvalue weighted by Gasteiger charge is 2.11. The molecule has 4 aromatic rings. The van der Waals surface area contributed by atoms with Crippen LogP contribution in [0.4, 0.5) is 14.5 Å². The van der Waals surface area contributed by atoms with E-state index in [0.29, 0.717) is 18.8 Å². The molecule has 130 valence electrons. The standard InChI is InChI=1S/C20H16F2N4/c21-16-6-7-17(22)20-19(16)18(8-10-23-20)24-12-14-2-4-15(5-3-14)13-26-11-1-9-25-26/h1-11H,12-13H2,(H,23,24). The van der Waals surface area contributed by atoms with E-state index in [-0.39, 0.29) is 10.9 Å². The molecule has 0 bridgehead atoms. The molecule has 0 unspecified atom stereocenters. The molecule has 2 heterocycles. The van der Waals surface area contributed by atoms with Gasteiger partial charge < -0.3 is 5.32 Å². The Balaban J connectivity index is 1.51. The normalized spacial score (nSPS) is 11.0. The predicted molar refractivity (Wildman–Crippen MR) is 96.8 cm³/mol. The summed E-state index contributed by atoms with van der Waals surface area (Å²) in [5, 5.41) is 7.53. The minimum Gasteiger partial charge on any atom is -0.380 e. The lowest BCUT2D eigenvalue weighted by Crippen LogP contribution is -2.03. The van der Waals surface area contributed by atoms with E-state index in [1.165, 1.54) is 6.20 Å². The number of aromatic nitrogens is 3. The molecule has 0 spiro atoms. The van der Waals surface area contributed by atoms with Crippen LogP contribution in [0.25, 0.3) is 10.9 Å². The molecule has 0 amide bonds. The molecule has 4 rings (SSSR count). The van der Waals surface area contributed by atoms with Crippen molar-refractivity contribution in [2.24, 2.45) is 0 Å². The molecule has 0 atom stereocenters. The highest BCUT2D eigenvalue weighted by atomic mass is 19.1. The third kappa shape index (κ3) is 3.26. The lowest BCUT2D eigenvalue weighted by Gasteiger charge is -2.11. The van der Waals surface area contributed by atoms with E-state index in [2.05, 4.69) is 15.4 Å². The first kappa shape index (κ1) is 16.2. The van der Waals surface area contributed by atoms with Gasteiger partial charge in [0.05, 0.1) is 11.9 Å². The summed E-state index contributed by atoms with van der Waals surface area (Å²) in [5.41, 5.74) is 2.73. The van der Waals surface area contributed by atoms with Gasteiger partial charge in [0, 0.05) is 30.8 Å². The Kier molecular flexibility index (Phi) is 4.31. The van der Waals surface area contributed by atoms with Crippen molar-refractivity contribution in [1.29, 1.82) is 0 Å². The molecule has 0 radical (unpaired) electrons. The average Bonchev–Trinajstić information content (AvgIpc) is 3.17. The minimum absolute atomic E-state index is 0.0320. The van der Waals surface area contributed by atoms with Crippen molar-refractivity contribution in [2.45, 2.75) is 13.1 Å². The number of rotatable bonds is 5. The first-order valence-corrected chi connectivity index (χ1v) is 8.22. The van der Waals surface area contributed by atoms with Crippen LogP contribution in [0.1, 0.15) is 11.1 Å². The van der Waals surface area contributed by atoms with Gasteiger partial charge in [-0.2, -0.15) is 5.10 Å². The highest BCUT2D eigenvalue weighted by molar-refractivity contribution is 5.91. The predicted octanol–water partition coefficient (Wildman–Crippen LogP) is 4.37. The van der Waals surface area contributed by atoms with E-state index in [0.717, 1.165) is 23.3 Å². The summed E-state index contributed by atoms with van der Waals surface area (Å²) in [4.78, 5) is 3.94. The van der Waals surface area contributed by atoms with Crippen LogP contribution >= 0.6 is 0 Å². The van der Waals surface area contributed by atoms with E-state index < -0.39 is 11.6 Å². The Morgan fingerprint density at radius 2 is 1.65 bits per heavy atom. The third-order valence-electron chi connectivity index (χ3n) is 4.20. The van der Waals surface area contributed by atoms with Crippen molar-refractivity contribution in [1.82, 2.24) is 14.8 Å². The largest absolute Gasteiger partial charge is 0.380 e. The third-order valence-corrected chi connectivity index (χ3v) is 4.20. The zero-order chi connectivity index (χ0) is 17.9. The van der Waals surface area contributed by atoms with Crippen LogP contribution in [0.2, 0.25) is 0 Å². The fraction of sp³-hybridized carbons (Fsp3) is 0.100. The number of hydrogen-bond acceptors (Lipinski definition) is 3. The van der Waals surface area contributed by atoms with E-state index in [1.807, 2.05) is 41.2 Å². The molecule has 0 saturated carbocycles. The minimum atomic E-state index is -0.534. The van der Waals surface area contributed by atoms with E-state index in [1.54, 1.807) is 12.3 Å². The summed E-state index contributed by atoms with van der Waals surface area (Å²) in [5.74, 6) is -1.03. The number of nitrogens with zero attached hydrogens (tertiary/aromatic N) is 3. The van der Waals surface area contributed by atoms with Gasteiger partial charge in [0.25, 0.3) is 0 Å². The van der Waals surface area contributed by atoms with Crippen LogP contribution < -0.4 is 5.32 Å². The van der Waals surface area contributed by atoms with Gasteiger partial charge in [-0.1, -0.05) is 24.3 Å².